The van der Waals surface area contributed by atoms with Crippen molar-refractivity contribution < 1.29 is 9.13 Å². The topological polar surface area (TPSA) is 22.1 Å². The van der Waals surface area contributed by atoms with Crippen LogP contribution < -0.4 is 4.74 Å². The van der Waals surface area contributed by atoms with Gasteiger partial charge in [-0.25, -0.2) is 0 Å². The summed E-state index contributed by atoms with van der Waals surface area (Å²) in [7, 11) is 0. The quantitative estimate of drug-likeness (QED) is 0.773. The van der Waals surface area contributed by atoms with Gasteiger partial charge in [-0.05, 0) is 30.3 Å². The van der Waals surface area contributed by atoms with E-state index in [0.717, 1.165) is 4.47 Å². The molecule has 0 amide bonds. The van der Waals surface area contributed by atoms with Crippen molar-refractivity contribution in [1.29, 1.82) is 0 Å². The zero-order valence-electron chi connectivity index (χ0n) is 7.65. The summed E-state index contributed by atoms with van der Waals surface area (Å²) in [5, 5.41) is 0. The lowest BCUT2D eigenvalue weighted by atomic mass is 10.3. The molecule has 0 saturated heterocycles. The fourth-order valence-electron chi connectivity index (χ4n) is 1.07. The first-order valence-corrected chi connectivity index (χ1v) is 5.09. The molecule has 0 spiro atoms. The molecule has 2 aromatic rings. The van der Waals surface area contributed by atoms with Gasteiger partial charge in [-0.1, -0.05) is 22.0 Å². The van der Waals surface area contributed by atoms with Crippen LogP contribution in [0.1, 0.15) is 0 Å². The van der Waals surface area contributed by atoms with Crippen LogP contribution in [0.2, 0.25) is 0 Å². The lowest BCUT2D eigenvalue weighted by molar-refractivity contribution is 0.445. The van der Waals surface area contributed by atoms with E-state index in [1.54, 1.807) is 24.3 Å². The molecule has 0 unspecified atom stereocenters. The fraction of sp³-hybridized carbons (Fsp3) is 0. The van der Waals surface area contributed by atoms with Crippen molar-refractivity contribution in [2.75, 3.05) is 0 Å². The third-order valence-electron chi connectivity index (χ3n) is 1.73. The maximum atomic E-state index is 12.7. The van der Waals surface area contributed by atoms with Crippen LogP contribution in [0.15, 0.2) is 46.9 Å². The Hall–Kier alpha value is -1.42. The number of ether oxygens (including phenoxy) is 1. The monoisotopic (exact) mass is 267 g/mol. The van der Waals surface area contributed by atoms with E-state index in [4.69, 9.17) is 4.74 Å². The zero-order valence-corrected chi connectivity index (χ0v) is 9.24. The Balaban J connectivity index is 2.18. The van der Waals surface area contributed by atoms with Crippen LogP contribution in [0.4, 0.5) is 4.39 Å². The van der Waals surface area contributed by atoms with Gasteiger partial charge in [0.25, 0.3) is 0 Å². The molecule has 2 rings (SSSR count). The SMILES string of the molecule is Fc1cccc(Oc2ccc(Br)cc2)n1. The summed E-state index contributed by atoms with van der Waals surface area (Å²) in [5.41, 5.74) is 0. The highest BCUT2D eigenvalue weighted by atomic mass is 79.9. The molecular weight excluding hydrogens is 261 g/mol. The molecule has 15 heavy (non-hydrogen) atoms. The molecule has 0 aliphatic carbocycles. The Morgan fingerprint density at radius 2 is 1.80 bits per heavy atom. The van der Waals surface area contributed by atoms with Crippen LogP contribution >= 0.6 is 15.9 Å². The van der Waals surface area contributed by atoms with E-state index in [9.17, 15) is 4.39 Å². The van der Waals surface area contributed by atoms with E-state index in [2.05, 4.69) is 20.9 Å². The summed E-state index contributed by atoms with van der Waals surface area (Å²) < 4.78 is 19.0. The number of rotatable bonds is 2. The smallest absolute Gasteiger partial charge is 0.221 e. The Kier molecular flexibility index (Phi) is 2.97. The molecule has 0 aliphatic heterocycles. The first-order valence-electron chi connectivity index (χ1n) is 4.30. The summed E-state index contributed by atoms with van der Waals surface area (Å²) in [6.45, 7) is 0. The van der Waals surface area contributed by atoms with E-state index in [-0.39, 0.29) is 5.88 Å². The molecular formula is C11H7BrFNO. The summed E-state index contributed by atoms with van der Waals surface area (Å²) in [5.74, 6) is 0.318. The van der Waals surface area contributed by atoms with Crippen molar-refractivity contribution in [2.45, 2.75) is 0 Å². The second-order valence-electron chi connectivity index (χ2n) is 2.85. The number of hydrogen-bond donors (Lipinski definition) is 0. The molecule has 0 atom stereocenters. The maximum absolute atomic E-state index is 12.7. The Labute approximate surface area is 94.9 Å². The van der Waals surface area contributed by atoms with Crippen molar-refractivity contribution in [3.63, 3.8) is 0 Å². The minimum atomic E-state index is -0.551. The predicted molar refractivity (Wildman–Crippen MR) is 58.4 cm³/mol. The van der Waals surface area contributed by atoms with Crippen molar-refractivity contribution in [3.05, 3.63) is 52.9 Å². The van der Waals surface area contributed by atoms with E-state index in [1.165, 1.54) is 6.07 Å². The average molecular weight is 268 g/mol. The van der Waals surface area contributed by atoms with Gasteiger partial charge in [-0.2, -0.15) is 9.37 Å². The number of hydrogen-bond acceptors (Lipinski definition) is 2. The molecule has 2 nitrogen and oxygen atoms in total. The van der Waals surface area contributed by atoms with Crippen molar-refractivity contribution in [1.82, 2.24) is 4.98 Å². The first-order chi connectivity index (χ1) is 7.24. The minimum absolute atomic E-state index is 0.248. The van der Waals surface area contributed by atoms with Gasteiger partial charge in [-0.15, -0.1) is 0 Å². The van der Waals surface area contributed by atoms with Gasteiger partial charge in [0.1, 0.15) is 5.75 Å². The van der Waals surface area contributed by atoms with Crippen LogP contribution in [0, 0.1) is 5.95 Å². The molecule has 0 fully saturated rings. The maximum Gasteiger partial charge on any atom is 0.221 e. The van der Waals surface area contributed by atoms with Gasteiger partial charge >= 0.3 is 0 Å². The van der Waals surface area contributed by atoms with Crippen molar-refractivity contribution >= 4 is 15.9 Å². The number of pyridine rings is 1. The molecule has 0 radical (unpaired) electrons. The minimum Gasteiger partial charge on any atom is -0.439 e. The highest BCUT2D eigenvalue weighted by molar-refractivity contribution is 9.10. The van der Waals surface area contributed by atoms with E-state index in [0.29, 0.717) is 5.75 Å². The molecule has 0 bridgehead atoms. The molecule has 1 heterocycles. The molecule has 1 aromatic carbocycles. The van der Waals surface area contributed by atoms with E-state index >= 15 is 0 Å². The van der Waals surface area contributed by atoms with Gasteiger partial charge in [0, 0.05) is 10.5 Å². The van der Waals surface area contributed by atoms with Gasteiger partial charge in [-0.3, -0.25) is 0 Å². The van der Waals surface area contributed by atoms with E-state index < -0.39 is 5.95 Å². The molecule has 1 aromatic heterocycles. The number of benzene rings is 1. The second-order valence-corrected chi connectivity index (χ2v) is 3.77. The molecule has 4 heteroatoms. The third kappa shape index (κ3) is 2.76. The third-order valence-corrected chi connectivity index (χ3v) is 2.25. The average Bonchev–Trinajstić information content (AvgIpc) is 2.22. The standard InChI is InChI=1S/C11H7BrFNO/c12-8-4-6-9(7-5-8)15-11-3-1-2-10(13)14-11/h1-7H. The van der Waals surface area contributed by atoms with Crippen LogP contribution in [0.3, 0.4) is 0 Å². The van der Waals surface area contributed by atoms with Crippen molar-refractivity contribution in [2.24, 2.45) is 0 Å². The van der Waals surface area contributed by atoms with Gasteiger partial charge in [0.05, 0.1) is 0 Å². The van der Waals surface area contributed by atoms with Crippen molar-refractivity contribution in [3.8, 4) is 11.6 Å². The second kappa shape index (κ2) is 4.40. The predicted octanol–water partition coefficient (Wildman–Crippen LogP) is 3.78. The lowest BCUT2D eigenvalue weighted by Gasteiger charge is -2.03. The number of nitrogens with zero attached hydrogens (tertiary/aromatic N) is 1. The van der Waals surface area contributed by atoms with Gasteiger partial charge in [0.2, 0.25) is 11.8 Å². The highest BCUT2D eigenvalue weighted by Gasteiger charge is 1.99. The van der Waals surface area contributed by atoms with Gasteiger partial charge in [0.15, 0.2) is 0 Å². The summed E-state index contributed by atoms with van der Waals surface area (Å²) in [4.78, 5) is 3.59. The molecule has 0 aliphatic rings. The molecule has 76 valence electrons. The van der Waals surface area contributed by atoms with Crippen LogP contribution in [-0.2, 0) is 0 Å². The van der Waals surface area contributed by atoms with Crippen LogP contribution in [-0.4, -0.2) is 4.98 Å². The Bertz CT molecular complexity index is 458. The number of aromatic nitrogens is 1. The first kappa shape index (κ1) is 10.1. The summed E-state index contributed by atoms with van der Waals surface area (Å²) in [6.07, 6.45) is 0. The molecule has 0 saturated carbocycles. The largest absolute Gasteiger partial charge is 0.439 e. The Morgan fingerprint density at radius 3 is 2.47 bits per heavy atom. The number of halogens is 2. The summed E-state index contributed by atoms with van der Waals surface area (Å²) >= 11 is 3.31. The fourth-order valence-corrected chi connectivity index (χ4v) is 1.33. The lowest BCUT2D eigenvalue weighted by Crippen LogP contribution is -1.89. The van der Waals surface area contributed by atoms with Crippen LogP contribution in [0.5, 0.6) is 11.6 Å². The Morgan fingerprint density at radius 1 is 1.07 bits per heavy atom. The van der Waals surface area contributed by atoms with Crippen LogP contribution in [0.25, 0.3) is 0 Å². The van der Waals surface area contributed by atoms with E-state index in [1.807, 2.05) is 12.1 Å². The molecule has 0 N–H and O–H groups in total. The highest BCUT2D eigenvalue weighted by Crippen LogP contribution is 2.21. The normalized spacial score (nSPS) is 10.0. The van der Waals surface area contributed by atoms with Gasteiger partial charge < -0.3 is 4.74 Å². The zero-order chi connectivity index (χ0) is 10.7. The summed E-state index contributed by atoms with van der Waals surface area (Å²) in [6, 6.07) is 11.7.